The number of halogens is 1. The maximum atomic E-state index is 6.05. The first kappa shape index (κ1) is 12.7. The van der Waals surface area contributed by atoms with Crippen LogP contribution >= 0.6 is 11.6 Å². The lowest BCUT2D eigenvalue weighted by Gasteiger charge is -2.23. The van der Waals surface area contributed by atoms with Gasteiger partial charge in [0.2, 0.25) is 0 Å². The monoisotopic (exact) mass is 255 g/mol. The van der Waals surface area contributed by atoms with E-state index >= 15 is 0 Å². The largest absolute Gasteiger partial charge is 0.491 e. The van der Waals surface area contributed by atoms with Gasteiger partial charge in [-0.15, -0.1) is 0 Å². The van der Waals surface area contributed by atoms with Gasteiger partial charge in [-0.1, -0.05) is 18.5 Å². The standard InChI is InChI=1S/C13H18ClNO2/c1-2-10-7-11(3-4-13(10)14)17-9-12-8-15-5-6-16-12/h3-4,7,12,15H,2,5-6,8-9H2,1H3. The zero-order valence-corrected chi connectivity index (χ0v) is 10.8. The number of rotatable bonds is 4. The van der Waals surface area contributed by atoms with Crippen molar-refractivity contribution in [2.24, 2.45) is 0 Å². The Morgan fingerprint density at radius 1 is 1.53 bits per heavy atom. The molecule has 0 amide bonds. The molecule has 1 N–H and O–H groups in total. The number of nitrogens with one attached hydrogen (secondary N) is 1. The van der Waals surface area contributed by atoms with Crippen molar-refractivity contribution in [2.75, 3.05) is 26.3 Å². The van der Waals surface area contributed by atoms with E-state index in [4.69, 9.17) is 21.1 Å². The Morgan fingerprint density at radius 3 is 3.12 bits per heavy atom. The Balaban J connectivity index is 1.89. The van der Waals surface area contributed by atoms with Gasteiger partial charge in [0.15, 0.2) is 0 Å². The van der Waals surface area contributed by atoms with Crippen LogP contribution in [0.5, 0.6) is 5.75 Å². The average Bonchev–Trinajstić information content (AvgIpc) is 2.39. The molecule has 0 radical (unpaired) electrons. The minimum Gasteiger partial charge on any atom is -0.491 e. The molecular formula is C13H18ClNO2. The second-order valence-corrected chi connectivity index (χ2v) is 4.52. The molecule has 1 saturated heterocycles. The summed E-state index contributed by atoms with van der Waals surface area (Å²) in [6, 6.07) is 5.78. The van der Waals surface area contributed by atoms with Crippen molar-refractivity contribution in [3.8, 4) is 5.75 Å². The molecule has 1 fully saturated rings. The molecule has 94 valence electrons. The summed E-state index contributed by atoms with van der Waals surface area (Å²) < 4.78 is 11.3. The number of morpholine rings is 1. The van der Waals surface area contributed by atoms with E-state index in [0.29, 0.717) is 6.61 Å². The van der Waals surface area contributed by atoms with Crippen molar-refractivity contribution < 1.29 is 9.47 Å². The molecule has 0 aromatic heterocycles. The molecule has 1 unspecified atom stereocenters. The molecular weight excluding hydrogens is 238 g/mol. The highest BCUT2D eigenvalue weighted by Gasteiger charge is 2.14. The van der Waals surface area contributed by atoms with Gasteiger partial charge in [-0.3, -0.25) is 0 Å². The fourth-order valence-electron chi connectivity index (χ4n) is 1.83. The lowest BCUT2D eigenvalue weighted by Crippen LogP contribution is -2.41. The number of hydrogen-bond acceptors (Lipinski definition) is 3. The molecule has 0 aliphatic carbocycles. The zero-order valence-electron chi connectivity index (χ0n) is 10.0. The highest BCUT2D eigenvalue weighted by atomic mass is 35.5. The minimum atomic E-state index is 0.143. The summed E-state index contributed by atoms with van der Waals surface area (Å²) in [5, 5.41) is 4.08. The van der Waals surface area contributed by atoms with Gasteiger partial charge in [0.1, 0.15) is 18.5 Å². The fourth-order valence-corrected chi connectivity index (χ4v) is 2.08. The lowest BCUT2D eigenvalue weighted by atomic mass is 10.1. The molecule has 0 bridgehead atoms. The topological polar surface area (TPSA) is 30.5 Å². The van der Waals surface area contributed by atoms with Crippen molar-refractivity contribution in [1.29, 1.82) is 0 Å². The van der Waals surface area contributed by atoms with Gasteiger partial charge < -0.3 is 14.8 Å². The molecule has 1 aliphatic heterocycles. The smallest absolute Gasteiger partial charge is 0.119 e. The molecule has 1 heterocycles. The maximum absolute atomic E-state index is 6.05. The second-order valence-electron chi connectivity index (χ2n) is 4.11. The third-order valence-electron chi connectivity index (χ3n) is 2.84. The highest BCUT2D eigenvalue weighted by Crippen LogP contribution is 2.22. The maximum Gasteiger partial charge on any atom is 0.119 e. The van der Waals surface area contributed by atoms with Crippen molar-refractivity contribution in [2.45, 2.75) is 19.4 Å². The van der Waals surface area contributed by atoms with Crippen LogP contribution in [0.3, 0.4) is 0 Å². The van der Waals surface area contributed by atoms with Crippen LogP contribution in [-0.4, -0.2) is 32.4 Å². The van der Waals surface area contributed by atoms with Crippen LogP contribution in [-0.2, 0) is 11.2 Å². The average molecular weight is 256 g/mol. The summed E-state index contributed by atoms with van der Waals surface area (Å²) in [6.07, 6.45) is 1.06. The van der Waals surface area contributed by atoms with E-state index in [9.17, 15) is 0 Å². The normalized spacial score (nSPS) is 20.2. The predicted octanol–water partition coefficient (Wildman–Crippen LogP) is 2.27. The molecule has 1 aromatic rings. The van der Waals surface area contributed by atoms with Gasteiger partial charge in [0.05, 0.1) is 6.61 Å². The van der Waals surface area contributed by atoms with Crippen LogP contribution in [0.1, 0.15) is 12.5 Å². The second kappa shape index (κ2) is 6.24. The highest BCUT2D eigenvalue weighted by molar-refractivity contribution is 6.31. The number of benzene rings is 1. The van der Waals surface area contributed by atoms with Gasteiger partial charge >= 0.3 is 0 Å². The van der Waals surface area contributed by atoms with Crippen molar-refractivity contribution >= 4 is 11.6 Å². The SMILES string of the molecule is CCc1cc(OCC2CNCCO2)ccc1Cl. The predicted molar refractivity (Wildman–Crippen MR) is 68.9 cm³/mol. The molecule has 2 rings (SSSR count). The Hall–Kier alpha value is -0.770. The third kappa shape index (κ3) is 3.60. The molecule has 0 saturated carbocycles. The van der Waals surface area contributed by atoms with E-state index in [1.54, 1.807) is 0 Å². The van der Waals surface area contributed by atoms with E-state index in [1.165, 1.54) is 0 Å². The minimum absolute atomic E-state index is 0.143. The first-order valence-corrected chi connectivity index (χ1v) is 6.41. The van der Waals surface area contributed by atoms with Crippen LogP contribution in [0.15, 0.2) is 18.2 Å². The van der Waals surface area contributed by atoms with E-state index in [0.717, 1.165) is 42.5 Å². The van der Waals surface area contributed by atoms with Crippen LogP contribution in [0.2, 0.25) is 5.02 Å². The lowest BCUT2D eigenvalue weighted by molar-refractivity contribution is 0.000183. The molecule has 1 aliphatic rings. The number of aryl methyl sites for hydroxylation is 1. The summed E-state index contributed by atoms with van der Waals surface area (Å²) in [6.45, 7) is 5.21. The van der Waals surface area contributed by atoms with Crippen molar-refractivity contribution in [1.82, 2.24) is 5.32 Å². The molecule has 1 atom stereocenters. The van der Waals surface area contributed by atoms with Crippen LogP contribution < -0.4 is 10.1 Å². The van der Waals surface area contributed by atoms with Crippen LogP contribution in [0.25, 0.3) is 0 Å². The Labute approximate surface area is 107 Å². The van der Waals surface area contributed by atoms with Gasteiger partial charge in [0, 0.05) is 18.1 Å². The quantitative estimate of drug-likeness (QED) is 0.895. The summed E-state index contributed by atoms with van der Waals surface area (Å²) >= 11 is 6.05. The Bertz CT molecular complexity index is 364. The van der Waals surface area contributed by atoms with E-state index in [2.05, 4.69) is 12.2 Å². The van der Waals surface area contributed by atoms with E-state index in [-0.39, 0.29) is 6.10 Å². The Kier molecular flexibility index (Phi) is 4.66. The van der Waals surface area contributed by atoms with Gasteiger partial charge in [-0.2, -0.15) is 0 Å². The van der Waals surface area contributed by atoms with E-state index in [1.807, 2.05) is 18.2 Å². The third-order valence-corrected chi connectivity index (χ3v) is 3.21. The first-order valence-electron chi connectivity index (χ1n) is 6.03. The van der Waals surface area contributed by atoms with E-state index < -0.39 is 0 Å². The van der Waals surface area contributed by atoms with Crippen molar-refractivity contribution in [3.05, 3.63) is 28.8 Å². The van der Waals surface area contributed by atoms with Crippen molar-refractivity contribution in [3.63, 3.8) is 0 Å². The van der Waals surface area contributed by atoms with Crippen LogP contribution in [0.4, 0.5) is 0 Å². The Morgan fingerprint density at radius 2 is 2.41 bits per heavy atom. The fraction of sp³-hybridized carbons (Fsp3) is 0.538. The molecule has 0 spiro atoms. The zero-order chi connectivity index (χ0) is 12.1. The number of hydrogen-bond donors (Lipinski definition) is 1. The van der Waals surface area contributed by atoms with Gasteiger partial charge in [-0.05, 0) is 30.2 Å². The molecule has 4 heteroatoms. The van der Waals surface area contributed by atoms with Crippen LogP contribution in [0, 0.1) is 0 Å². The molecule has 3 nitrogen and oxygen atoms in total. The van der Waals surface area contributed by atoms with Gasteiger partial charge in [0.25, 0.3) is 0 Å². The molecule has 1 aromatic carbocycles. The summed E-state index contributed by atoms with van der Waals surface area (Å²) in [7, 11) is 0. The summed E-state index contributed by atoms with van der Waals surface area (Å²) in [4.78, 5) is 0. The summed E-state index contributed by atoms with van der Waals surface area (Å²) in [5.74, 6) is 0.862. The number of ether oxygens (including phenoxy) is 2. The first-order chi connectivity index (χ1) is 8.29. The van der Waals surface area contributed by atoms with Gasteiger partial charge in [-0.25, -0.2) is 0 Å². The summed E-state index contributed by atoms with van der Waals surface area (Å²) in [5.41, 5.74) is 1.12. The molecule has 17 heavy (non-hydrogen) atoms.